The summed E-state index contributed by atoms with van der Waals surface area (Å²) in [5.74, 6) is 2.09. The Morgan fingerprint density at radius 2 is 2.06 bits per heavy atom. The van der Waals surface area contributed by atoms with Gasteiger partial charge in [-0.1, -0.05) is 19.1 Å². The Labute approximate surface area is 109 Å². The second-order valence-corrected chi connectivity index (χ2v) is 5.11. The van der Waals surface area contributed by atoms with Crippen LogP contribution in [0.25, 0.3) is 0 Å². The highest BCUT2D eigenvalue weighted by atomic mass is 32.2. The van der Waals surface area contributed by atoms with Crippen molar-refractivity contribution >= 4 is 11.8 Å². The average Bonchev–Trinajstić information content (AvgIpc) is 2.32. The second kappa shape index (κ2) is 6.92. The fourth-order valence-electron chi connectivity index (χ4n) is 2.03. The molecule has 96 valence electrons. The summed E-state index contributed by atoms with van der Waals surface area (Å²) >= 11 is 1.86. The summed E-state index contributed by atoms with van der Waals surface area (Å²) in [6, 6.07) is 4.73. The van der Waals surface area contributed by atoms with E-state index in [0.717, 1.165) is 18.0 Å². The SMILES string of the molecule is CCNC(CSC)c1ccc(C)c(C)c1OC. The summed E-state index contributed by atoms with van der Waals surface area (Å²) < 4.78 is 5.58. The van der Waals surface area contributed by atoms with Crippen LogP contribution in [0.4, 0.5) is 0 Å². The van der Waals surface area contributed by atoms with Crippen LogP contribution in [-0.4, -0.2) is 25.7 Å². The third-order valence-electron chi connectivity index (χ3n) is 3.07. The van der Waals surface area contributed by atoms with Gasteiger partial charge < -0.3 is 10.1 Å². The number of thioether (sulfide) groups is 1. The van der Waals surface area contributed by atoms with Gasteiger partial charge >= 0.3 is 0 Å². The first-order valence-electron chi connectivity index (χ1n) is 6.02. The average molecular weight is 253 g/mol. The molecule has 0 saturated carbocycles. The van der Waals surface area contributed by atoms with E-state index in [1.165, 1.54) is 16.7 Å². The fraction of sp³-hybridized carbons (Fsp3) is 0.571. The number of aryl methyl sites for hydroxylation is 1. The van der Waals surface area contributed by atoms with E-state index in [2.05, 4.69) is 44.5 Å². The molecule has 0 heterocycles. The van der Waals surface area contributed by atoms with Crippen LogP contribution in [0.15, 0.2) is 12.1 Å². The molecule has 3 heteroatoms. The molecule has 0 aromatic heterocycles. The zero-order valence-corrected chi connectivity index (χ0v) is 12.3. The molecule has 1 rings (SSSR count). The van der Waals surface area contributed by atoms with E-state index in [0.29, 0.717) is 6.04 Å². The summed E-state index contributed by atoms with van der Waals surface area (Å²) in [4.78, 5) is 0. The lowest BCUT2D eigenvalue weighted by Crippen LogP contribution is -2.23. The van der Waals surface area contributed by atoms with Crippen LogP contribution in [0, 0.1) is 13.8 Å². The molecule has 0 fully saturated rings. The molecule has 0 aliphatic rings. The second-order valence-electron chi connectivity index (χ2n) is 4.20. The van der Waals surface area contributed by atoms with Gasteiger partial charge in [-0.2, -0.15) is 11.8 Å². The van der Waals surface area contributed by atoms with E-state index in [1.807, 2.05) is 11.8 Å². The van der Waals surface area contributed by atoms with Crippen molar-refractivity contribution in [1.82, 2.24) is 5.32 Å². The molecule has 0 saturated heterocycles. The third-order valence-corrected chi connectivity index (χ3v) is 3.74. The summed E-state index contributed by atoms with van der Waals surface area (Å²) in [7, 11) is 1.76. The Hall–Kier alpha value is -0.670. The van der Waals surface area contributed by atoms with Gasteiger partial charge in [0.15, 0.2) is 0 Å². The van der Waals surface area contributed by atoms with Crippen molar-refractivity contribution in [3.8, 4) is 5.75 Å². The first-order chi connectivity index (χ1) is 8.15. The Balaban J connectivity index is 3.13. The van der Waals surface area contributed by atoms with Gasteiger partial charge in [0.05, 0.1) is 7.11 Å². The number of ether oxygens (including phenoxy) is 1. The first kappa shape index (κ1) is 14.4. The largest absolute Gasteiger partial charge is 0.496 e. The summed E-state index contributed by atoms with van der Waals surface area (Å²) in [6.45, 7) is 7.36. The van der Waals surface area contributed by atoms with Crippen LogP contribution < -0.4 is 10.1 Å². The van der Waals surface area contributed by atoms with Crippen LogP contribution in [0.5, 0.6) is 5.75 Å². The zero-order chi connectivity index (χ0) is 12.8. The van der Waals surface area contributed by atoms with Gasteiger partial charge in [0.2, 0.25) is 0 Å². The van der Waals surface area contributed by atoms with Crippen molar-refractivity contribution in [3.05, 3.63) is 28.8 Å². The van der Waals surface area contributed by atoms with Crippen molar-refractivity contribution in [2.45, 2.75) is 26.8 Å². The number of benzene rings is 1. The lowest BCUT2D eigenvalue weighted by Gasteiger charge is -2.22. The Morgan fingerprint density at radius 1 is 1.35 bits per heavy atom. The Kier molecular flexibility index (Phi) is 5.86. The van der Waals surface area contributed by atoms with E-state index in [1.54, 1.807) is 7.11 Å². The van der Waals surface area contributed by atoms with Crippen molar-refractivity contribution in [2.24, 2.45) is 0 Å². The predicted molar refractivity (Wildman–Crippen MR) is 77.3 cm³/mol. The zero-order valence-electron chi connectivity index (χ0n) is 11.5. The molecule has 0 radical (unpaired) electrons. The van der Waals surface area contributed by atoms with E-state index in [-0.39, 0.29) is 0 Å². The van der Waals surface area contributed by atoms with Gasteiger partial charge in [-0.15, -0.1) is 0 Å². The van der Waals surface area contributed by atoms with E-state index in [4.69, 9.17) is 4.74 Å². The van der Waals surface area contributed by atoms with Gasteiger partial charge in [0.1, 0.15) is 5.75 Å². The Bertz CT molecular complexity index is 359. The topological polar surface area (TPSA) is 21.3 Å². The predicted octanol–water partition coefficient (Wildman–Crippen LogP) is 3.33. The Morgan fingerprint density at radius 3 is 2.59 bits per heavy atom. The maximum atomic E-state index is 5.58. The van der Waals surface area contributed by atoms with Crippen molar-refractivity contribution in [3.63, 3.8) is 0 Å². The molecular weight excluding hydrogens is 230 g/mol. The molecule has 2 nitrogen and oxygen atoms in total. The number of nitrogens with one attached hydrogen (secondary N) is 1. The highest BCUT2D eigenvalue weighted by Crippen LogP contribution is 2.32. The van der Waals surface area contributed by atoms with Crippen molar-refractivity contribution in [1.29, 1.82) is 0 Å². The summed E-state index contributed by atoms with van der Waals surface area (Å²) in [5.41, 5.74) is 3.80. The van der Waals surface area contributed by atoms with Crippen molar-refractivity contribution in [2.75, 3.05) is 25.7 Å². The van der Waals surface area contributed by atoms with Gasteiger partial charge in [-0.05, 0) is 37.8 Å². The maximum absolute atomic E-state index is 5.58. The quantitative estimate of drug-likeness (QED) is 0.840. The molecule has 1 atom stereocenters. The molecule has 1 unspecified atom stereocenters. The standard InChI is InChI=1S/C14H23NOS/c1-6-15-13(9-17-5)12-8-7-10(2)11(3)14(12)16-4/h7-8,13,15H,6,9H2,1-5H3. The minimum absolute atomic E-state index is 0.365. The first-order valence-corrected chi connectivity index (χ1v) is 7.41. The highest BCUT2D eigenvalue weighted by molar-refractivity contribution is 7.98. The number of hydrogen-bond acceptors (Lipinski definition) is 3. The van der Waals surface area contributed by atoms with Gasteiger partial charge in [0, 0.05) is 17.4 Å². The lowest BCUT2D eigenvalue weighted by molar-refractivity contribution is 0.399. The van der Waals surface area contributed by atoms with Crippen LogP contribution in [0.1, 0.15) is 29.7 Å². The van der Waals surface area contributed by atoms with Gasteiger partial charge in [0.25, 0.3) is 0 Å². The van der Waals surface area contributed by atoms with Crippen LogP contribution in [-0.2, 0) is 0 Å². The molecule has 0 amide bonds. The molecule has 0 aliphatic carbocycles. The fourth-order valence-corrected chi connectivity index (χ4v) is 2.66. The van der Waals surface area contributed by atoms with Crippen LogP contribution >= 0.6 is 11.8 Å². The third kappa shape index (κ3) is 3.39. The smallest absolute Gasteiger partial charge is 0.126 e. The number of rotatable bonds is 6. The van der Waals surface area contributed by atoms with Crippen LogP contribution in [0.2, 0.25) is 0 Å². The molecule has 1 aromatic rings. The summed E-state index contributed by atoms with van der Waals surface area (Å²) in [5, 5.41) is 3.52. The minimum Gasteiger partial charge on any atom is -0.496 e. The highest BCUT2D eigenvalue weighted by Gasteiger charge is 2.17. The minimum atomic E-state index is 0.365. The molecular formula is C14H23NOS. The number of hydrogen-bond donors (Lipinski definition) is 1. The number of methoxy groups -OCH3 is 1. The lowest BCUT2D eigenvalue weighted by atomic mass is 10.00. The van der Waals surface area contributed by atoms with Gasteiger partial charge in [-0.25, -0.2) is 0 Å². The monoisotopic (exact) mass is 253 g/mol. The van der Waals surface area contributed by atoms with E-state index >= 15 is 0 Å². The van der Waals surface area contributed by atoms with E-state index < -0.39 is 0 Å². The normalized spacial score (nSPS) is 12.5. The van der Waals surface area contributed by atoms with Gasteiger partial charge in [-0.3, -0.25) is 0 Å². The molecule has 1 aromatic carbocycles. The molecule has 1 N–H and O–H groups in total. The summed E-state index contributed by atoms with van der Waals surface area (Å²) in [6.07, 6.45) is 2.14. The van der Waals surface area contributed by atoms with Crippen LogP contribution in [0.3, 0.4) is 0 Å². The van der Waals surface area contributed by atoms with Crippen molar-refractivity contribution < 1.29 is 4.74 Å². The maximum Gasteiger partial charge on any atom is 0.126 e. The molecule has 17 heavy (non-hydrogen) atoms. The van der Waals surface area contributed by atoms with E-state index in [9.17, 15) is 0 Å². The molecule has 0 aliphatic heterocycles. The molecule has 0 spiro atoms. The molecule has 0 bridgehead atoms.